The van der Waals surface area contributed by atoms with Gasteiger partial charge in [-0.1, -0.05) is 134 Å². The predicted octanol–water partition coefficient (Wildman–Crippen LogP) is 13.2. The average molecular weight is 644 g/mol. The van der Waals surface area contributed by atoms with Gasteiger partial charge in [-0.15, -0.1) is 0 Å². The van der Waals surface area contributed by atoms with Crippen LogP contribution < -0.4 is 5.73 Å². The van der Waals surface area contributed by atoms with E-state index in [1.807, 2.05) is 48.5 Å². The quantitative estimate of drug-likeness (QED) is 0.210. The van der Waals surface area contributed by atoms with Gasteiger partial charge in [0.25, 0.3) is 0 Å². The summed E-state index contributed by atoms with van der Waals surface area (Å²) in [5, 5.41) is 0.0922. The third-order valence-electron chi connectivity index (χ3n) is 5.60. The van der Waals surface area contributed by atoms with Gasteiger partial charge in [0.05, 0.1) is 0 Å². The molecule has 0 spiro atoms. The molecule has 8 heteroatoms. The van der Waals surface area contributed by atoms with Crippen LogP contribution >= 0.6 is 11.6 Å². The van der Waals surface area contributed by atoms with E-state index in [4.69, 9.17) is 17.3 Å². The molecule has 2 N–H and O–H groups in total. The van der Waals surface area contributed by atoms with Crippen LogP contribution in [0.15, 0.2) is 73.3 Å². The van der Waals surface area contributed by atoms with Crippen molar-refractivity contribution in [3.8, 4) is 0 Å². The topological polar surface area (TPSA) is 26.0 Å². The lowest BCUT2D eigenvalue weighted by molar-refractivity contribution is -0.139. The van der Waals surface area contributed by atoms with Gasteiger partial charge in [-0.3, -0.25) is 5.73 Å². The van der Waals surface area contributed by atoms with E-state index in [0.717, 1.165) is 23.8 Å². The smallest absolute Gasteiger partial charge is 0.268 e. The molecule has 1 nitrogen and oxygen atoms in total. The van der Waals surface area contributed by atoms with Crippen LogP contribution in [0.4, 0.5) is 26.3 Å². The zero-order valence-corrected chi connectivity index (χ0v) is 28.3. The molecule has 0 aliphatic rings. The van der Waals surface area contributed by atoms with E-state index in [9.17, 15) is 22.0 Å². The van der Waals surface area contributed by atoms with E-state index in [0.29, 0.717) is 17.2 Å². The Kier molecular flexibility index (Phi) is 20.4. The second kappa shape index (κ2) is 20.8. The Morgan fingerprint density at radius 2 is 1.30 bits per heavy atom. The van der Waals surface area contributed by atoms with Crippen LogP contribution in [0.25, 0.3) is 11.4 Å². The molecule has 0 saturated heterocycles. The van der Waals surface area contributed by atoms with Crippen molar-refractivity contribution in [2.75, 3.05) is 0 Å². The second-order valence-corrected chi connectivity index (χ2v) is 9.38. The Bertz CT molecular complexity index is 1290. The minimum Gasteiger partial charge on any atom is -0.268 e. The van der Waals surface area contributed by atoms with Crippen molar-refractivity contribution < 1.29 is 26.3 Å². The van der Waals surface area contributed by atoms with Crippen LogP contribution in [0.2, 0.25) is 5.02 Å². The van der Waals surface area contributed by atoms with Crippen molar-refractivity contribution in [1.82, 2.24) is 0 Å². The highest BCUT2D eigenvalue weighted by Crippen LogP contribution is 2.40. The largest absolute Gasteiger partial charge is 0.399 e. The summed E-state index contributed by atoms with van der Waals surface area (Å²) in [7, 11) is 0. The summed E-state index contributed by atoms with van der Waals surface area (Å²) in [5.41, 5.74) is 5.74. The van der Waals surface area contributed by atoms with Crippen LogP contribution in [-0.4, -0.2) is 6.18 Å². The Morgan fingerprint density at radius 3 is 1.73 bits per heavy atom. The minimum absolute atomic E-state index is 0.0457. The van der Waals surface area contributed by atoms with Gasteiger partial charge in [0.1, 0.15) is 11.7 Å². The molecule has 44 heavy (non-hydrogen) atoms. The normalized spacial score (nSPS) is 11.6. The molecule has 0 radical (unpaired) electrons. The predicted molar refractivity (Wildman–Crippen MR) is 178 cm³/mol. The Morgan fingerprint density at radius 1 is 0.818 bits per heavy atom. The summed E-state index contributed by atoms with van der Waals surface area (Å²) >= 11 is 5.95. The molecule has 0 aromatic heterocycles. The maximum Gasteiger partial charge on any atom is 0.399 e. The number of halogens is 7. The molecule has 246 valence electrons. The highest BCUT2D eigenvalue weighted by molar-refractivity contribution is 6.31. The highest BCUT2D eigenvalue weighted by atomic mass is 35.5. The second-order valence-electron chi connectivity index (χ2n) is 8.98. The molecule has 0 heterocycles. The standard InChI is InChI=1S/C27H22ClF6N.C3H8.3C2H6/c1-15-4-7-18(8-5-15)17(3)21-11-10-20(12-23(21)27(33,34)35)25(29)14-22(26(30,31)32)19-9-6-16(2)24(28)13-19;1-3-2;3*1-2/h4-14,22H,3,35H2,1-2H3;3H2,1-2H3;3*1-2H3/b25-14-;;;;. The monoisotopic (exact) mass is 643 g/mol. The minimum atomic E-state index is -4.85. The van der Waals surface area contributed by atoms with Gasteiger partial charge in [-0.25, -0.2) is 4.39 Å². The van der Waals surface area contributed by atoms with Gasteiger partial charge in [0.15, 0.2) is 0 Å². The number of hydrogen-bond acceptors (Lipinski definition) is 1. The van der Waals surface area contributed by atoms with Crippen molar-refractivity contribution >= 4 is 23.0 Å². The van der Waals surface area contributed by atoms with Gasteiger partial charge in [0.2, 0.25) is 0 Å². The van der Waals surface area contributed by atoms with Crippen LogP contribution in [0, 0.1) is 13.8 Å². The van der Waals surface area contributed by atoms with Crippen molar-refractivity contribution in [3.05, 3.63) is 117 Å². The lowest BCUT2D eigenvalue weighted by Crippen LogP contribution is -2.27. The molecule has 3 aromatic rings. The Hall–Kier alpha value is -3.03. The maximum atomic E-state index is 15.1. The summed E-state index contributed by atoms with van der Waals surface area (Å²) in [6.45, 7) is 23.6. The summed E-state index contributed by atoms with van der Waals surface area (Å²) in [6.07, 6.45) is -3.26. The van der Waals surface area contributed by atoms with Crippen LogP contribution in [0.1, 0.15) is 107 Å². The molecule has 1 atom stereocenters. The van der Waals surface area contributed by atoms with E-state index in [-0.39, 0.29) is 21.7 Å². The summed E-state index contributed by atoms with van der Waals surface area (Å²) < 4.78 is 85.0. The lowest BCUT2D eigenvalue weighted by Gasteiger charge is -2.20. The number of hydrogen-bond donors (Lipinski definition) is 1. The van der Waals surface area contributed by atoms with Gasteiger partial charge < -0.3 is 0 Å². The zero-order chi connectivity index (χ0) is 34.8. The number of aryl methyl sites for hydroxylation is 2. The number of alkyl halides is 5. The number of allylic oxidation sites excluding steroid dienone is 1. The Labute approximate surface area is 265 Å². The molecule has 3 rings (SSSR count). The lowest BCUT2D eigenvalue weighted by atomic mass is 9.91. The fourth-order valence-corrected chi connectivity index (χ4v) is 3.76. The van der Waals surface area contributed by atoms with Gasteiger partial charge >= 0.3 is 12.2 Å². The summed E-state index contributed by atoms with van der Waals surface area (Å²) in [4.78, 5) is 0. The fourth-order valence-electron chi connectivity index (χ4n) is 3.57. The van der Waals surface area contributed by atoms with Crippen molar-refractivity contribution in [2.24, 2.45) is 5.73 Å². The number of benzene rings is 3. The van der Waals surface area contributed by atoms with Gasteiger partial charge in [-0.05, 0) is 59.9 Å². The molecule has 0 aliphatic heterocycles. The number of rotatable bonds is 6. The molecule has 0 amide bonds. The fraction of sp³-hybridized carbons (Fsp3) is 0.389. The average Bonchev–Trinajstić information content (AvgIpc) is 2.99. The summed E-state index contributed by atoms with van der Waals surface area (Å²) in [6, 6.07) is 9.74. The van der Waals surface area contributed by atoms with Crippen molar-refractivity contribution in [3.63, 3.8) is 0 Å². The van der Waals surface area contributed by atoms with E-state index in [1.165, 1.54) is 24.6 Å². The molecule has 0 saturated carbocycles. The molecular weight excluding hydrogens is 596 g/mol. The molecular formula is C36H48ClF6N. The maximum absolute atomic E-state index is 15.1. The molecule has 3 aromatic carbocycles. The van der Waals surface area contributed by atoms with Crippen molar-refractivity contribution in [1.29, 1.82) is 0 Å². The van der Waals surface area contributed by atoms with Crippen LogP contribution in [-0.2, 0) is 6.05 Å². The van der Waals surface area contributed by atoms with E-state index in [1.54, 1.807) is 31.2 Å². The van der Waals surface area contributed by atoms with E-state index in [2.05, 4.69) is 20.4 Å². The first-order valence-electron chi connectivity index (χ1n) is 14.9. The van der Waals surface area contributed by atoms with E-state index >= 15 is 4.39 Å². The molecule has 0 fully saturated rings. The first-order chi connectivity index (χ1) is 20.6. The highest BCUT2D eigenvalue weighted by Gasteiger charge is 2.40. The first kappa shape index (κ1) is 43.1. The van der Waals surface area contributed by atoms with Crippen LogP contribution in [0.3, 0.4) is 0 Å². The molecule has 0 aliphatic carbocycles. The number of nitrogens with two attached hydrogens (primary N) is 1. The summed E-state index contributed by atoms with van der Waals surface area (Å²) in [5.74, 6) is -3.67. The van der Waals surface area contributed by atoms with E-state index < -0.39 is 35.1 Å². The third kappa shape index (κ3) is 13.3. The van der Waals surface area contributed by atoms with Gasteiger partial charge in [-0.2, -0.15) is 22.0 Å². The van der Waals surface area contributed by atoms with Crippen molar-refractivity contribution in [2.45, 2.75) is 93.8 Å². The third-order valence-corrected chi connectivity index (χ3v) is 6.01. The Balaban J connectivity index is 0. The van der Waals surface area contributed by atoms with Crippen LogP contribution in [0.5, 0.6) is 0 Å². The zero-order valence-electron chi connectivity index (χ0n) is 27.6. The molecule has 1 unspecified atom stereocenters. The SMILES string of the molecule is C=C(c1ccc(C)cc1)c1ccc(/C(F)=C/C(c2ccc(C)c(Cl)c2)C(F)(F)F)cc1C(N)(F)F.CC.CC.CC.CCC. The first-order valence-corrected chi connectivity index (χ1v) is 15.3. The molecule has 0 bridgehead atoms. The van der Waals surface area contributed by atoms with Gasteiger partial charge in [0, 0.05) is 16.1 Å².